The van der Waals surface area contributed by atoms with E-state index in [1.807, 2.05) is 74.5 Å². The molecule has 0 aliphatic heterocycles. The van der Waals surface area contributed by atoms with E-state index >= 15 is 0 Å². The first kappa shape index (κ1) is 40.4. The Bertz CT molecular complexity index is 2160. The summed E-state index contributed by atoms with van der Waals surface area (Å²) in [6, 6.07) is 31.5. The number of rotatable bonds is 13. The minimum absolute atomic E-state index is 0.317. The molecule has 0 saturated carbocycles. The van der Waals surface area contributed by atoms with E-state index in [4.69, 9.17) is 9.47 Å². The van der Waals surface area contributed by atoms with Gasteiger partial charge in [-0.3, -0.25) is 9.59 Å². The van der Waals surface area contributed by atoms with E-state index in [-0.39, 0.29) is 11.8 Å². The van der Waals surface area contributed by atoms with Gasteiger partial charge in [-0.25, -0.2) is 19.6 Å². The number of carbonyl (C=O) groups excluding carboxylic acids is 4. The predicted octanol–water partition coefficient (Wildman–Crippen LogP) is 7.37. The number of carbonyl (C=O) groups is 4. The number of hydrogen-bond donors (Lipinski definition) is 4. The molecule has 6 rings (SSSR count). The van der Waals surface area contributed by atoms with Crippen molar-refractivity contribution in [2.45, 2.75) is 38.0 Å². The van der Waals surface area contributed by atoms with Crippen molar-refractivity contribution in [3.05, 3.63) is 144 Å². The Morgan fingerprint density at radius 3 is 1.19 bits per heavy atom. The number of H-pyrrole nitrogens is 2. The smallest absolute Gasteiger partial charge is 0.407 e. The first-order valence-corrected chi connectivity index (χ1v) is 18.6. The first-order valence-electron chi connectivity index (χ1n) is 18.6. The Balaban J connectivity index is 1.10. The Morgan fingerprint density at radius 1 is 0.534 bits per heavy atom. The maximum atomic E-state index is 13.6. The van der Waals surface area contributed by atoms with Crippen LogP contribution < -0.4 is 10.6 Å². The lowest BCUT2D eigenvalue weighted by Gasteiger charge is -2.28. The average Bonchev–Trinajstić information content (AvgIpc) is 3.98. The molecular formula is C44H46N8O6. The highest BCUT2D eigenvalue weighted by molar-refractivity contribution is 5.88. The fourth-order valence-corrected chi connectivity index (χ4v) is 6.45. The summed E-state index contributed by atoms with van der Waals surface area (Å²) in [6.45, 7) is 3.73. The van der Waals surface area contributed by atoms with Crippen LogP contribution in [0, 0.1) is 0 Å². The highest BCUT2D eigenvalue weighted by atomic mass is 16.5. The number of benzene rings is 4. The molecule has 14 nitrogen and oxygen atoms in total. The SMILES string of the molecule is COC(=O)N[C@@H](C(=O)N(C)[C@@H](C)c1ncc(-c2ccc(-c3ccc(-c4cnc([C@H](C)N(C)C(=O)[C@H](NC(=O)OC)c5ccccc5)[nH]4)cc3)cc2)[nH]1)c1ccccc1. The second-order valence-corrected chi connectivity index (χ2v) is 13.7. The van der Waals surface area contributed by atoms with Crippen molar-refractivity contribution >= 4 is 24.0 Å². The van der Waals surface area contributed by atoms with Gasteiger partial charge in [0, 0.05) is 14.1 Å². The van der Waals surface area contributed by atoms with Gasteiger partial charge in [0.15, 0.2) is 0 Å². The third kappa shape index (κ3) is 9.07. The monoisotopic (exact) mass is 782 g/mol. The number of likely N-dealkylation sites (N-methyl/N-ethyl adjacent to an activating group) is 2. The van der Waals surface area contributed by atoms with Gasteiger partial charge in [0.2, 0.25) is 11.8 Å². The van der Waals surface area contributed by atoms with Crippen molar-refractivity contribution in [1.82, 2.24) is 40.4 Å². The van der Waals surface area contributed by atoms with Gasteiger partial charge in [0.05, 0.1) is 50.1 Å². The molecule has 0 radical (unpaired) electrons. The van der Waals surface area contributed by atoms with E-state index in [1.165, 1.54) is 14.2 Å². The van der Waals surface area contributed by atoms with Crippen molar-refractivity contribution in [3.8, 4) is 33.6 Å². The molecule has 0 fully saturated rings. The summed E-state index contributed by atoms with van der Waals surface area (Å²) in [6.07, 6.45) is 2.07. The molecule has 4 aromatic carbocycles. The number of alkyl carbamates (subject to hydrolysis) is 2. The van der Waals surface area contributed by atoms with Crippen LogP contribution in [0.3, 0.4) is 0 Å². The van der Waals surface area contributed by atoms with Crippen LogP contribution in [-0.2, 0) is 19.1 Å². The number of amides is 4. The molecule has 0 aliphatic carbocycles. The Labute approximate surface area is 336 Å². The van der Waals surface area contributed by atoms with E-state index < -0.39 is 36.4 Å². The van der Waals surface area contributed by atoms with Crippen LogP contribution in [0.15, 0.2) is 122 Å². The molecule has 0 saturated heterocycles. The van der Waals surface area contributed by atoms with Gasteiger partial charge in [0.25, 0.3) is 0 Å². The number of methoxy groups -OCH3 is 2. The fourth-order valence-electron chi connectivity index (χ4n) is 6.45. The predicted molar refractivity (Wildman–Crippen MR) is 219 cm³/mol. The summed E-state index contributed by atoms with van der Waals surface area (Å²) in [4.78, 5) is 70.4. The minimum Gasteiger partial charge on any atom is -0.453 e. The van der Waals surface area contributed by atoms with Crippen molar-refractivity contribution in [2.75, 3.05) is 28.3 Å². The Morgan fingerprint density at radius 2 is 0.862 bits per heavy atom. The molecule has 2 heterocycles. The summed E-state index contributed by atoms with van der Waals surface area (Å²) < 4.78 is 9.54. The Kier molecular flexibility index (Phi) is 12.7. The lowest BCUT2D eigenvalue weighted by Crippen LogP contribution is -2.42. The number of imidazole rings is 2. The lowest BCUT2D eigenvalue weighted by molar-refractivity contribution is -0.135. The number of nitrogens with one attached hydrogen (secondary N) is 4. The molecule has 4 N–H and O–H groups in total. The number of aromatic amines is 2. The zero-order chi connectivity index (χ0) is 41.3. The maximum Gasteiger partial charge on any atom is 0.407 e. The zero-order valence-corrected chi connectivity index (χ0v) is 33.1. The molecule has 0 unspecified atom stereocenters. The van der Waals surface area contributed by atoms with Crippen LogP contribution >= 0.6 is 0 Å². The largest absolute Gasteiger partial charge is 0.453 e. The molecule has 6 aromatic rings. The van der Waals surface area contributed by atoms with Crippen molar-refractivity contribution in [3.63, 3.8) is 0 Å². The summed E-state index contributed by atoms with van der Waals surface area (Å²) in [5, 5.41) is 5.29. The van der Waals surface area contributed by atoms with Gasteiger partial charge in [-0.2, -0.15) is 0 Å². The van der Waals surface area contributed by atoms with Gasteiger partial charge < -0.3 is 39.9 Å². The Hall–Kier alpha value is -7.22. The van der Waals surface area contributed by atoms with E-state index in [0.29, 0.717) is 22.8 Å². The van der Waals surface area contributed by atoms with Gasteiger partial charge in [-0.15, -0.1) is 0 Å². The molecule has 4 amide bonds. The lowest BCUT2D eigenvalue weighted by atomic mass is 10.0. The average molecular weight is 783 g/mol. The second-order valence-electron chi connectivity index (χ2n) is 13.7. The van der Waals surface area contributed by atoms with E-state index in [2.05, 4.69) is 30.6 Å². The van der Waals surface area contributed by atoms with Crippen molar-refractivity contribution in [1.29, 1.82) is 0 Å². The highest BCUT2D eigenvalue weighted by Crippen LogP contribution is 2.30. The molecule has 4 atom stereocenters. The molecule has 0 aliphatic rings. The van der Waals surface area contributed by atoms with Gasteiger partial charge in [-0.05, 0) is 47.2 Å². The molecule has 0 spiro atoms. The number of ether oxygens (including phenoxy) is 2. The first-order chi connectivity index (χ1) is 28.0. The van der Waals surface area contributed by atoms with Crippen molar-refractivity contribution in [2.24, 2.45) is 0 Å². The number of nitrogens with zero attached hydrogens (tertiary/aromatic N) is 4. The van der Waals surface area contributed by atoms with Crippen molar-refractivity contribution < 1.29 is 28.7 Å². The summed E-state index contributed by atoms with van der Waals surface area (Å²) in [5.41, 5.74) is 6.75. The van der Waals surface area contributed by atoms with Gasteiger partial charge in [-0.1, -0.05) is 109 Å². The topological polar surface area (TPSA) is 175 Å². The molecular weight excluding hydrogens is 737 g/mol. The minimum atomic E-state index is -0.931. The van der Waals surface area contributed by atoms with Crippen LogP contribution in [0.1, 0.15) is 60.8 Å². The normalized spacial score (nSPS) is 13.0. The van der Waals surface area contributed by atoms with Crippen LogP contribution in [0.25, 0.3) is 33.6 Å². The van der Waals surface area contributed by atoms with Crippen LogP contribution in [0.2, 0.25) is 0 Å². The molecule has 14 heteroatoms. The molecule has 58 heavy (non-hydrogen) atoms. The van der Waals surface area contributed by atoms with Gasteiger partial charge >= 0.3 is 12.2 Å². The van der Waals surface area contributed by atoms with Crippen LogP contribution in [-0.4, -0.2) is 82.1 Å². The maximum absolute atomic E-state index is 13.6. The summed E-state index contributed by atoms with van der Waals surface area (Å²) in [7, 11) is 5.86. The molecule has 298 valence electrons. The summed E-state index contributed by atoms with van der Waals surface area (Å²) in [5.74, 6) is 0.556. The van der Waals surface area contributed by atoms with Gasteiger partial charge in [0.1, 0.15) is 23.7 Å². The third-order valence-electron chi connectivity index (χ3n) is 10.2. The van der Waals surface area contributed by atoms with Crippen LogP contribution in [0.5, 0.6) is 0 Å². The van der Waals surface area contributed by atoms with E-state index in [9.17, 15) is 19.2 Å². The summed E-state index contributed by atoms with van der Waals surface area (Å²) >= 11 is 0. The fraction of sp³-hybridized carbons (Fsp3) is 0.227. The quantitative estimate of drug-likeness (QED) is 0.0940. The third-order valence-corrected chi connectivity index (χ3v) is 10.2. The molecule has 0 bridgehead atoms. The standard InChI is InChI=1S/C44H46N8O6/c1-27(51(3)41(53)37(49-43(55)57-5)33-13-9-7-10-14-33)39-45-25-35(47-39)31-21-17-29(18-22-31)30-19-23-32(24-20-30)36-26-46-40(48-36)28(2)52(4)42(54)38(50-44(56)58-6)34-15-11-8-12-16-34/h7-28,37-38H,1-6H3,(H,45,47)(H,46,48)(H,49,55)(H,50,56)/t27-,28-,37+,38+/m0/s1. The number of hydrogen-bond acceptors (Lipinski definition) is 8. The highest BCUT2D eigenvalue weighted by Gasteiger charge is 2.31. The van der Waals surface area contributed by atoms with E-state index in [0.717, 1.165) is 33.6 Å². The van der Waals surface area contributed by atoms with Crippen LogP contribution in [0.4, 0.5) is 9.59 Å². The van der Waals surface area contributed by atoms with E-state index in [1.54, 1.807) is 84.8 Å². The molecule has 2 aromatic heterocycles. The second kappa shape index (κ2) is 18.2. The zero-order valence-electron chi connectivity index (χ0n) is 33.1. The number of aromatic nitrogens is 4.